The second-order valence-electron chi connectivity index (χ2n) is 5.30. The maximum absolute atomic E-state index is 13.0. The van der Waals surface area contributed by atoms with E-state index in [1.807, 2.05) is 4.90 Å². The van der Waals surface area contributed by atoms with Crippen molar-refractivity contribution in [2.24, 2.45) is 5.92 Å². The van der Waals surface area contributed by atoms with Crippen molar-refractivity contribution in [3.05, 3.63) is 29.3 Å². The minimum Gasteiger partial charge on any atom is -0.481 e. The van der Waals surface area contributed by atoms with Crippen LogP contribution in [0.5, 0.6) is 0 Å². The predicted octanol–water partition coefficient (Wildman–Crippen LogP) is 2.58. The Morgan fingerprint density at radius 3 is 2.48 bits per heavy atom. The molecule has 0 radical (unpaired) electrons. The second kappa shape index (κ2) is 5.93. The molecular weight excluding hydrogens is 285 g/mol. The molecule has 1 aliphatic rings. The minimum atomic E-state index is -4.44. The van der Waals surface area contributed by atoms with Gasteiger partial charge in [0, 0.05) is 12.2 Å². The van der Waals surface area contributed by atoms with Crippen molar-refractivity contribution < 1.29 is 23.1 Å². The van der Waals surface area contributed by atoms with E-state index in [2.05, 4.69) is 0 Å². The van der Waals surface area contributed by atoms with Gasteiger partial charge in [-0.25, -0.2) is 0 Å². The van der Waals surface area contributed by atoms with Crippen LogP contribution in [0.25, 0.3) is 0 Å². The fraction of sp³-hybridized carbons (Fsp3) is 0.500. The molecule has 0 amide bonds. The Morgan fingerprint density at radius 1 is 1.33 bits per heavy atom. The van der Waals surface area contributed by atoms with E-state index in [1.54, 1.807) is 0 Å². The van der Waals surface area contributed by atoms with Crippen LogP contribution in [-0.2, 0) is 17.5 Å². The molecule has 3 N–H and O–H groups in total. The third-order valence-electron chi connectivity index (χ3n) is 3.77. The van der Waals surface area contributed by atoms with Crippen LogP contribution in [0, 0.1) is 5.92 Å². The van der Waals surface area contributed by atoms with E-state index in [-0.39, 0.29) is 17.8 Å². The van der Waals surface area contributed by atoms with Gasteiger partial charge in [-0.05, 0) is 43.6 Å². The van der Waals surface area contributed by atoms with Crippen LogP contribution in [0.1, 0.15) is 24.0 Å². The predicted molar refractivity (Wildman–Crippen MR) is 71.5 cm³/mol. The SMILES string of the molecule is Nc1ccc(CN2CCC(C(=O)O)CC2)c(C(F)(F)F)c1. The number of hydrogen-bond acceptors (Lipinski definition) is 3. The summed E-state index contributed by atoms with van der Waals surface area (Å²) in [6.45, 7) is 1.12. The van der Waals surface area contributed by atoms with Gasteiger partial charge < -0.3 is 10.8 Å². The highest BCUT2D eigenvalue weighted by Gasteiger charge is 2.34. The molecule has 0 bridgehead atoms. The number of carboxylic acid groups (broad SMARTS) is 1. The molecular formula is C14H17F3N2O2. The molecule has 7 heteroatoms. The molecule has 1 aromatic carbocycles. The molecule has 1 saturated heterocycles. The number of nitrogens with zero attached hydrogens (tertiary/aromatic N) is 1. The van der Waals surface area contributed by atoms with E-state index in [1.165, 1.54) is 12.1 Å². The molecule has 0 unspecified atom stereocenters. The summed E-state index contributed by atoms with van der Waals surface area (Å²) in [5, 5.41) is 8.91. The Balaban J connectivity index is 2.09. The van der Waals surface area contributed by atoms with E-state index in [4.69, 9.17) is 10.8 Å². The molecule has 1 fully saturated rings. The monoisotopic (exact) mass is 302 g/mol. The summed E-state index contributed by atoms with van der Waals surface area (Å²) in [4.78, 5) is 12.7. The zero-order valence-corrected chi connectivity index (χ0v) is 11.4. The lowest BCUT2D eigenvalue weighted by atomic mass is 9.96. The first-order valence-corrected chi connectivity index (χ1v) is 6.68. The summed E-state index contributed by atoms with van der Waals surface area (Å²) in [5.41, 5.74) is 4.96. The number of aliphatic carboxylic acids is 1. The lowest BCUT2D eigenvalue weighted by Crippen LogP contribution is -2.36. The normalized spacial score (nSPS) is 17.9. The first kappa shape index (κ1) is 15.6. The Bertz CT molecular complexity index is 523. The molecule has 1 aromatic rings. The molecule has 0 aliphatic carbocycles. The molecule has 21 heavy (non-hydrogen) atoms. The Morgan fingerprint density at radius 2 is 1.95 bits per heavy atom. The van der Waals surface area contributed by atoms with E-state index in [0.29, 0.717) is 25.9 Å². The van der Waals surface area contributed by atoms with Crippen molar-refractivity contribution >= 4 is 11.7 Å². The van der Waals surface area contributed by atoms with Crippen LogP contribution >= 0.6 is 0 Å². The zero-order valence-electron chi connectivity index (χ0n) is 11.4. The minimum absolute atomic E-state index is 0.0793. The van der Waals surface area contributed by atoms with Crippen molar-refractivity contribution in [3.8, 4) is 0 Å². The number of nitrogens with two attached hydrogens (primary N) is 1. The fourth-order valence-corrected chi connectivity index (χ4v) is 2.57. The Labute approximate surface area is 120 Å². The molecule has 1 aliphatic heterocycles. The van der Waals surface area contributed by atoms with E-state index < -0.39 is 23.6 Å². The van der Waals surface area contributed by atoms with E-state index >= 15 is 0 Å². The van der Waals surface area contributed by atoms with Gasteiger partial charge in [-0.2, -0.15) is 13.2 Å². The summed E-state index contributed by atoms with van der Waals surface area (Å²) >= 11 is 0. The number of nitrogen functional groups attached to an aromatic ring is 1. The van der Waals surface area contributed by atoms with Gasteiger partial charge in [-0.3, -0.25) is 9.69 Å². The number of alkyl halides is 3. The summed E-state index contributed by atoms with van der Waals surface area (Å²) in [6, 6.07) is 3.79. The van der Waals surface area contributed by atoms with Gasteiger partial charge in [-0.15, -0.1) is 0 Å². The molecule has 0 atom stereocenters. The average Bonchev–Trinajstić information content (AvgIpc) is 2.40. The molecule has 1 heterocycles. The topological polar surface area (TPSA) is 66.6 Å². The molecule has 4 nitrogen and oxygen atoms in total. The van der Waals surface area contributed by atoms with Gasteiger partial charge in [0.25, 0.3) is 0 Å². The van der Waals surface area contributed by atoms with Crippen molar-refractivity contribution in [2.45, 2.75) is 25.6 Å². The lowest BCUT2D eigenvalue weighted by Gasteiger charge is -2.30. The molecule has 116 valence electrons. The van der Waals surface area contributed by atoms with Crippen molar-refractivity contribution in [1.29, 1.82) is 0 Å². The van der Waals surface area contributed by atoms with Gasteiger partial charge in [0.1, 0.15) is 0 Å². The van der Waals surface area contributed by atoms with Crippen molar-refractivity contribution in [2.75, 3.05) is 18.8 Å². The van der Waals surface area contributed by atoms with Crippen LogP contribution in [0.2, 0.25) is 0 Å². The number of carbonyl (C=O) groups is 1. The third-order valence-corrected chi connectivity index (χ3v) is 3.77. The van der Waals surface area contributed by atoms with Gasteiger partial charge in [0.15, 0.2) is 0 Å². The highest BCUT2D eigenvalue weighted by molar-refractivity contribution is 5.70. The molecule has 0 saturated carbocycles. The fourth-order valence-electron chi connectivity index (χ4n) is 2.57. The van der Waals surface area contributed by atoms with Crippen molar-refractivity contribution in [3.63, 3.8) is 0 Å². The zero-order chi connectivity index (χ0) is 15.6. The van der Waals surface area contributed by atoms with E-state index in [9.17, 15) is 18.0 Å². The Kier molecular flexibility index (Phi) is 4.41. The second-order valence-corrected chi connectivity index (χ2v) is 5.30. The smallest absolute Gasteiger partial charge is 0.416 e. The van der Waals surface area contributed by atoms with Crippen LogP contribution in [0.4, 0.5) is 18.9 Å². The largest absolute Gasteiger partial charge is 0.481 e. The first-order chi connectivity index (χ1) is 9.77. The quantitative estimate of drug-likeness (QED) is 0.842. The number of benzene rings is 1. The van der Waals surface area contributed by atoms with Crippen LogP contribution in [-0.4, -0.2) is 29.1 Å². The highest BCUT2D eigenvalue weighted by Crippen LogP contribution is 2.34. The lowest BCUT2D eigenvalue weighted by molar-refractivity contribution is -0.143. The van der Waals surface area contributed by atoms with E-state index in [0.717, 1.165) is 6.07 Å². The summed E-state index contributed by atoms with van der Waals surface area (Å²) in [5.74, 6) is -1.23. The van der Waals surface area contributed by atoms with Crippen LogP contribution in [0.15, 0.2) is 18.2 Å². The number of piperidine rings is 1. The maximum atomic E-state index is 13.0. The van der Waals surface area contributed by atoms with Gasteiger partial charge in [0.05, 0.1) is 11.5 Å². The van der Waals surface area contributed by atoms with Crippen LogP contribution in [0.3, 0.4) is 0 Å². The van der Waals surface area contributed by atoms with Gasteiger partial charge in [-0.1, -0.05) is 6.07 Å². The number of carboxylic acids is 1. The number of anilines is 1. The Hall–Kier alpha value is -1.76. The standard InChI is InChI=1S/C14H17F3N2O2/c15-14(16,17)12-7-11(18)2-1-10(12)8-19-5-3-9(4-6-19)13(20)21/h1-2,7,9H,3-6,8,18H2,(H,20,21). The maximum Gasteiger partial charge on any atom is 0.416 e. The highest BCUT2D eigenvalue weighted by atomic mass is 19.4. The number of hydrogen-bond donors (Lipinski definition) is 2. The average molecular weight is 302 g/mol. The third kappa shape index (κ3) is 3.87. The van der Waals surface area contributed by atoms with Crippen LogP contribution < -0.4 is 5.73 Å². The van der Waals surface area contributed by atoms with Gasteiger partial charge in [0.2, 0.25) is 0 Å². The summed E-state index contributed by atoms with van der Waals surface area (Å²) in [7, 11) is 0. The molecule has 0 aromatic heterocycles. The molecule has 2 rings (SSSR count). The number of halogens is 3. The first-order valence-electron chi connectivity index (χ1n) is 6.68. The number of likely N-dealkylation sites (tertiary alicyclic amines) is 1. The number of rotatable bonds is 3. The van der Waals surface area contributed by atoms with Gasteiger partial charge >= 0.3 is 12.1 Å². The van der Waals surface area contributed by atoms with Crippen molar-refractivity contribution in [1.82, 2.24) is 4.90 Å². The summed E-state index contributed by atoms with van der Waals surface area (Å²) in [6.07, 6.45) is -3.51. The molecule has 0 spiro atoms. The summed E-state index contributed by atoms with van der Waals surface area (Å²) < 4.78 is 39.0.